The fraction of sp³-hybridized carbons (Fsp3) is 0.812. The minimum atomic E-state index is 0.163. The molecular formula is C16H27N5O2. The van der Waals surface area contributed by atoms with Gasteiger partial charge in [0, 0.05) is 38.6 Å². The summed E-state index contributed by atoms with van der Waals surface area (Å²) in [4.78, 5) is 20.8. The average Bonchev–Trinajstić information content (AvgIpc) is 3.20. The highest BCUT2D eigenvalue weighted by atomic mass is 16.5. The van der Waals surface area contributed by atoms with Crippen molar-refractivity contribution in [3.05, 3.63) is 11.7 Å². The Morgan fingerprint density at radius 2 is 1.96 bits per heavy atom. The molecule has 2 fully saturated rings. The third kappa shape index (κ3) is 5.28. The number of aromatic nitrogens is 2. The lowest BCUT2D eigenvalue weighted by molar-refractivity contribution is -0.122. The summed E-state index contributed by atoms with van der Waals surface area (Å²) in [7, 11) is 0. The average molecular weight is 321 g/mol. The van der Waals surface area contributed by atoms with Gasteiger partial charge in [0.15, 0.2) is 5.82 Å². The maximum atomic E-state index is 11.8. The number of carbonyl (C=O) groups is 1. The Labute approximate surface area is 137 Å². The van der Waals surface area contributed by atoms with Crippen LogP contribution >= 0.6 is 0 Å². The van der Waals surface area contributed by atoms with E-state index in [4.69, 9.17) is 4.52 Å². The summed E-state index contributed by atoms with van der Waals surface area (Å²) in [6.45, 7) is 9.19. The van der Waals surface area contributed by atoms with E-state index in [1.165, 1.54) is 0 Å². The lowest BCUT2D eigenvalue weighted by Gasteiger charge is -2.33. The molecule has 0 bridgehead atoms. The first kappa shape index (κ1) is 16.4. The van der Waals surface area contributed by atoms with E-state index in [-0.39, 0.29) is 5.91 Å². The zero-order valence-corrected chi connectivity index (χ0v) is 14.1. The Kier molecular flexibility index (Phi) is 5.27. The van der Waals surface area contributed by atoms with Crippen molar-refractivity contribution in [2.24, 2.45) is 5.92 Å². The maximum Gasteiger partial charge on any atom is 0.240 e. The molecule has 1 amide bonds. The van der Waals surface area contributed by atoms with E-state index in [0.29, 0.717) is 30.9 Å². The number of amides is 1. The van der Waals surface area contributed by atoms with Gasteiger partial charge in [0.2, 0.25) is 11.8 Å². The minimum Gasteiger partial charge on any atom is -0.352 e. The second kappa shape index (κ2) is 7.40. The van der Waals surface area contributed by atoms with Crippen molar-refractivity contribution in [1.82, 2.24) is 25.3 Å². The SMILES string of the molecule is CC(C)Cc1noc(CN2CCN(CC(=O)NC3CC3)CC2)n1. The fourth-order valence-corrected chi connectivity index (χ4v) is 2.80. The summed E-state index contributed by atoms with van der Waals surface area (Å²) in [5.74, 6) is 2.19. The fourth-order valence-electron chi connectivity index (χ4n) is 2.80. The topological polar surface area (TPSA) is 74.5 Å². The highest BCUT2D eigenvalue weighted by molar-refractivity contribution is 5.78. The molecule has 0 spiro atoms. The molecule has 1 aliphatic heterocycles. The van der Waals surface area contributed by atoms with Gasteiger partial charge in [-0.25, -0.2) is 0 Å². The van der Waals surface area contributed by atoms with Crippen LogP contribution in [0, 0.1) is 5.92 Å². The van der Waals surface area contributed by atoms with E-state index in [1.54, 1.807) is 0 Å². The van der Waals surface area contributed by atoms with Gasteiger partial charge in [-0.1, -0.05) is 19.0 Å². The molecule has 2 aliphatic rings. The summed E-state index contributed by atoms with van der Waals surface area (Å²) in [5.41, 5.74) is 0. The first-order chi connectivity index (χ1) is 11.1. The van der Waals surface area contributed by atoms with Gasteiger partial charge in [-0.3, -0.25) is 14.6 Å². The Morgan fingerprint density at radius 1 is 1.26 bits per heavy atom. The molecule has 1 aromatic rings. The van der Waals surface area contributed by atoms with E-state index >= 15 is 0 Å². The molecule has 1 aliphatic carbocycles. The van der Waals surface area contributed by atoms with E-state index in [0.717, 1.165) is 51.3 Å². The molecule has 3 rings (SSSR count). The van der Waals surface area contributed by atoms with Gasteiger partial charge in [0.1, 0.15) is 0 Å². The van der Waals surface area contributed by atoms with Crippen LogP contribution in [0.25, 0.3) is 0 Å². The van der Waals surface area contributed by atoms with Crippen molar-refractivity contribution in [2.75, 3.05) is 32.7 Å². The predicted octanol–water partition coefficient (Wildman–Crippen LogP) is 0.664. The molecule has 7 heteroatoms. The number of nitrogens with zero attached hydrogens (tertiary/aromatic N) is 4. The van der Waals surface area contributed by atoms with Crippen LogP contribution in [-0.2, 0) is 17.8 Å². The summed E-state index contributed by atoms with van der Waals surface area (Å²) in [6, 6.07) is 0.446. The second-order valence-corrected chi connectivity index (χ2v) is 7.10. The highest BCUT2D eigenvalue weighted by Crippen LogP contribution is 2.18. The molecule has 23 heavy (non-hydrogen) atoms. The number of piperazine rings is 1. The van der Waals surface area contributed by atoms with Gasteiger partial charge in [-0.15, -0.1) is 0 Å². The molecule has 1 saturated heterocycles. The van der Waals surface area contributed by atoms with Crippen LogP contribution in [0.15, 0.2) is 4.52 Å². The van der Waals surface area contributed by atoms with E-state index in [2.05, 4.69) is 39.1 Å². The smallest absolute Gasteiger partial charge is 0.240 e. The van der Waals surface area contributed by atoms with Crippen LogP contribution in [-0.4, -0.2) is 64.6 Å². The van der Waals surface area contributed by atoms with Crippen LogP contribution in [0.1, 0.15) is 38.4 Å². The van der Waals surface area contributed by atoms with Crippen molar-refractivity contribution in [3.8, 4) is 0 Å². The summed E-state index contributed by atoms with van der Waals surface area (Å²) < 4.78 is 5.33. The molecule has 128 valence electrons. The molecule has 1 saturated carbocycles. The predicted molar refractivity (Wildman–Crippen MR) is 85.7 cm³/mol. The largest absolute Gasteiger partial charge is 0.352 e. The van der Waals surface area contributed by atoms with Crippen LogP contribution < -0.4 is 5.32 Å². The van der Waals surface area contributed by atoms with Crippen LogP contribution in [0.2, 0.25) is 0 Å². The standard InChI is InChI=1S/C16H27N5O2/c1-12(2)9-14-18-16(23-19-14)11-21-7-5-20(6-8-21)10-15(22)17-13-3-4-13/h12-13H,3-11H2,1-2H3,(H,17,22). The van der Waals surface area contributed by atoms with Crippen LogP contribution in [0.4, 0.5) is 0 Å². The first-order valence-corrected chi connectivity index (χ1v) is 8.64. The van der Waals surface area contributed by atoms with E-state index in [1.807, 2.05) is 0 Å². The van der Waals surface area contributed by atoms with Gasteiger partial charge >= 0.3 is 0 Å². The zero-order valence-electron chi connectivity index (χ0n) is 14.1. The number of hydrogen-bond acceptors (Lipinski definition) is 6. The highest BCUT2D eigenvalue weighted by Gasteiger charge is 2.25. The lowest BCUT2D eigenvalue weighted by atomic mass is 10.1. The van der Waals surface area contributed by atoms with Gasteiger partial charge in [-0.05, 0) is 18.8 Å². The zero-order chi connectivity index (χ0) is 16.2. The number of nitrogens with one attached hydrogen (secondary N) is 1. The Hall–Kier alpha value is -1.47. The molecule has 1 aromatic heterocycles. The van der Waals surface area contributed by atoms with Crippen LogP contribution in [0.3, 0.4) is 0 Å². The number of hydrogen-bond donors (Lipinski definition) is 1. The maximum absolute atomic E-state index is 11.8. The Bertz CT molecular complexity index is 518. The number of rotatable bonds is 7. The molecule has 0 aromatic carbocycles. The normalized spacial score (nSPS) is 20.1. The molecule has 0 unspecified atom stereocenters. The first-order valence-electron chi connectivity index (χ1n) is 8.64. The number of carbonyl (C=O) groups excluding carboxylic acids is 1. The van der Waals surface area contributed by atoms with Gasteiger partial charge in [0.25, 0.3) is 0 Å². The minimum absolute atomic E-state index is 0.163. The summed E-state index contributed by atoms with van der Waals surface area (Å²) in [6.07, 6.45) is 3.14. The van der Waals surface area contributed by atoms with E-state index < -0.39 is 0 Å². The molecule has 2 heterocycles. The van der Waals surface area contributed by atoms with Crippen molar-refractivity contribution < 1.29 is 9.32 Å². The second-order valence-electron chi connectivity index (χ2n) is 7.10. The lowest BCUT2D eigenvalue weighted by Crippen LogP contribution is -2.49. The molecule has 1 N–H and O–H groups in total. The van der Waals surface area contributed by atoms with Gasteiger partial charge in [0.05, 0.1) is 13.1 Å². The molecular weight excluding hydrogens is 294 g/mol. The Morgan fingerprint density at radius 3 is 2.61 bits per heavy atom. The van der Waals surface area contributed by atoms with Gasteiger partial charge in [-0.2, -0.15) is 4.98 Å². The quantitative estimate of drug-likeness (QED) is 0.795. The van der Waals surface area contributed by atoms with Gasteiger partial charge < -0.3 is 9.84 Å². The molecule has 0 radical (unpaired) electrons. The third-order valence-corrected chi connectivity index (χ3v) is 4.23. The Balaban J connectivity index is 1.38. The summed E-state index contributed by atoms with van der Waals surface area (Å²) in [5, 5.41) is 7.08. The third-order valence-electron chi connectivity index (χ3n) is 4.23. The van der Waals surface area contributed by atoms with Crippen molar-refractivity contribution in [1.29, 1.82) is 0 Å². The molecule has 0 atom stereocenters. The van der Waals surface area contributed by atoms with Crippen molar-refractivity contribution >= 4 is 5.91 Å². The van der Waals surface area contributed by atoms with Crippen molar-refractivity contribution in [2.45, 2.75) is 45.7 Å². The monoisotopic (exact) mass is 321 g/mol. The van der Waals surface area contributed by atoms with Crippen LogP contribution in [0.5, 0.6) is 0 Å². The van der Waals surface area contributed by atoms with Crippen molar-refractivity contribution in [3.63, 3.8) is 0 Å². The van der Waals surface area contributed by atoms with E-state index in [9.17, 15) is 4.79 Å². The molecule has 7 nitrogen and oxygen atoms in total. The summed E-state index contributed by atoms with van der Waals surface area (Å²) >= 11 is 0.